The van der Waals surface area contributed by atoms with Crippen LogP contribution in [0.5, 0.6) is 0 Å². The average Bonchev–Trinajstić information content (AvgIpc) is 2.28. The Morgan fingerprint density at radius 1 is 1.50 bits per heavy atom. The van der Waals surface area contributed by atoms with Crippen LogP contribution in [-0.2, 0) is 0 Å². The smallest absolute Gasteiger partial charge is 0.161 e. The molecule has 94 valence electrons. The van der Waals surface area contributed by atoms with E-state index in [2.05, 4.69) is 46.2 Å². The summed E-state index contributed by atoms with van der Waals surface area (Å²) < 4.78 is 0.802. The van der Waals surface area contributed by atoms with Gasteiger partial charge in [-0.2, -0.15) is 5.26 Å². The molecule has 0 saturated carbocycles. The zero-order valence-electron chi connectivity index (χ0n) is 10.3. The first-order chi connectivity index (χ1) is 8.50. The third-order valence-electron chi connectivity index (χ3n) is 2.70. The monoisotopic (exact) mass is 323 g/mol. The molecule has 1 N–H and O–H groups in total. The van der Waals surface area contributed by atoms with E-state index in [1.165, 1.54) is 0 Å². The normalized spacial score (nSPS) is 17.8. The topological polar surface area (TPSA) is 48.2 Å². The number of benzene rings is 1. The van der Waals surface area contributed by atoms with Gasteiger partial charge in [0.25, 0.3) is 0 Å². The fraction of sp³-hybridized carbons (Fsp3) is 0.385. The van der Waals surface area contributed by atoms with Gasteiger partial charge in [-0.05, 0) is 54.4 Å². The summed E-state index contributed by atoms with van der Waals surface area (Å²) in [7, 11) is 0. The predicted octanol–water partition coefficient (Wildman–Crippen LogP) is 4.00. The number of amidine groups is 1. The summed E-state index contributed by atoms with van der Waals surface area (Å²) in [5.74, 6) is 1.08. The molecule has 0 radical (unpaired) electrons. The molecule has 5 heteroatoms. The van der Waals surface area contributed by atoms with E-state index >= 15 is 0 Å². The summed E-state index contributed by atoms with van der Waals surface area (Å²) in [5.41, 5.74) is 1.60. The van der Waals surface area contributed by atoms with Crippen molar-refractivity contribution in [1.82, 2.24) is 0 Å². The van der Waals surface area contributed by atoms with Crippen molar-refractivity contribution in [3.05, 3.63) is 28.2 Å². The van der Waals surface area contributed by atoms with Crippen molar-refractivity contribution in [3.63, 3.8) is 0 Å². The molecule has 1 aromatic rings. The molecule has 0 bridgehead atoms. The maximum atomic E-state index is 8.87. The average molecular weight is 324 g/mol. The molecule has 0 fully saturated rings. The summed E-state index contributed by atoms with van der Waals surface area (Å²) in [6.45, 7) is 4.28. The molecule has 0 spiro atoms. The molecule has 3 nitrogen and oxygen atoms in total. The lowest BCUT2D eigenvalue weighted by atomic mass is 10.0. The zero-order valence-corrected chi connectivity index (χ0v) is 12.7. The second-order valence-electron chi connectivity index (χ2n) is 4.76. The molecule has 18 heavy (non-hydrogen) atoms. The van der Waals surface area contributed by atoms with Crippen LogP contribution >= 0.6 is 27.7 Å². The van der Waals surface area contributed by atoms with Crippen molar-refractivity contribution < 1.29 is 0 Å². The van der Waals surface area contributed by atoms with Gasteiger partial charge in [0.1, 0.15) is 6.07 Å². The Morgan fingerprint density at radius 2 is 2.28 bits per heavy atom. The van der Waals surface area contributed by atoms with Crippen LogP contribution in [0.3, 0.4) is 0 Å². The van der Waals surface area contributed by atoms with Crippen molar-refractivity contribution in [3.8, 4) is 6.07 Å². The van der Waals surface area contributed by atoms with E-state index in [1.54, 1.807) is 17.8 Å². The van der Waals surface area contributed by atoms with Gasteiger partial charge in [-0.15, -0.1) is 0 Å². The molecular weight excluding hydrogens is 310 g/mol. The largest absolute Gasteiger partial charge is 0.335 e. The first-order valence-corrected chi connectivity index (χ1v) is 7.47. The maximum Gasteiger partial charge on any atom is 0.161 e. The fourth-order valence-corrected chi connectivity index (χ4v) is 3.40. The van der Waals surface area contributed by atoms with E-state index in [-0.39, 0.29) is 5.54 Å². The SMILES string of the molecule is CC1(C)CCSC(Nc2ccc(C#N)c(Br)c2)=N1. The van der Waals surface area contributed by atoms with Crippen molar-refractivity contribution >= 4 is 38.5 Å². The highest BCUT2D eigenvalue weighted by atomic mass is 79.9. The van der Waals surface area contributed by atoms with Gasteiger partial charge in [-0.25, -0.2) is 0 Å². The molecule has 0 aliphatic carbocycles. The molecule has 0 saturated heterocycles. The van der Waals surface area contributed by atoms with Crippen LogP contribution < -0.4 is 5.32 Å². The number of aliphatic imine (C=N–C) groups is 1. The van der Waals surface area contributed by atoms with Gasteiger partial charge in [0.05, 0.1) is 11.1 Å². The number of rotatable bonds is 1. The molecule has 2 rings (SSSR count). The van der Waals surface area contributed by atoms with E-state index in [9.17, 15) is 0 Å². The van der Waals surface area contributed by atoms with Gasteiger partial charge in [0.15, 0.2) is 5.17 Å². The first-order valence-electron chi connectivity index (χ1n) is 5.69. The summed E-state index contributed by atoms with van der Waals surface area (Å²) in [6, 6.07) is 7.73. The highest BCUT2D eigenvalue weighted by Gasteiger charge is 2.22. The summed E-state index contributed by atoms with van der Waals surface area (Å²) in [4.78, 5) is 4.67. The van der Waals surface area contributed by atoms with Crippen LogP contribution in [0.4, 0.5) is 5.69 Å². The third kappa shape index (κ3) is 3.27. The van der Waals surface area contributed by atoms with E-state index in [1.807, 2.05) is 12.1 Å². The number of nitriles is 1. The van der Waals surface area contributed by atoms with E-state index in [0.717, 1.165) is 27.5 Å². The van der Waals surface area contributed by atoms with Crippen LogP contribution in [-0.4, -0.2) is 16.5 Å². The molecular formula is C13H14BrN3S. The highest BCUT2D eigenvalue weighted by molar-refractivity contribution is 9.10. The molecule has 1 aromatic carbocycles. The molecule has 1 aliphatic rings. The van der Waals surface area contributed by atoms with Crippen molar-refractivity contribution in [1.29, 1.82) is 5.26 Å². The highest BCUT2D eigenvalue weighted by Crippen LogP contribution is 2.28. The predicted molar refractivity (Wildman–Crippen MR) is 81.1 cm³/mol. The lowest BCUT2D eigenvalue weighted by Gasteiger charge is -2.26. The van der Waals surface area contributed by atoms with Crippen molar-refractivity contribution in [2.75, 3.05) is 11.1 Å². The Balaban J connectivity index is 2.18. The van der Waals surface area contributed by atoms with Gasteiger partial charge in [-0.1, -0.05) is 11.8 Å². The minimum Gasteiger partial charge on any atom is -0.335 e. The lowest BCUT2D eigenvalue weighted by molar-refractivity contribution is 0.507. The number of thioether (sulfide) groups is 1. The lowest BCUT2D eigenvalue weighted by Crippen LogP contribution is -2.27. The van der Waals surface area contributed by atoms with Crippen molar-refractivity contribution in [2.45, 2.75) is 25.8 Å². The van der Waals surface area contributed by atoms with Gasteiger partial charge in [-0.3, -0.25) is 4.99 Å². The molecule has 0 atom stereocenters. The Morgan fingerprint density at radius 3 is 2.89 bits per heavy atom. The summed E-state index contributed by atoms with van der Waals surface area (Å²) >= 11 is 5.12. The second kappa shape index (κ2) is 5.33. The second-order valence-corrected chi connectivity index (χ2v) is 6.70. The summed E-state index contributed by atoms with van der Waals surface area (Å²) in [6.07, 6.45) is 1.10. The van der Waals surface area contributed by atoms with E-state index in [4.69, 9.17) is 5.26 Å². The van der Waals surface area contributed by atoms with E-state index < -0.39 is 0 Å². The Kier molecular flexibility index (Phi) is 3.98. The van der Waals surface area contributed by atoms with Gasteiger partial charge in [0, 0.05) is 15.9 Å². The number of anilines is 1. The van der Waals surface area contributed by atoms with Gasteiger partial charge in [0.2, 0.25) is 0 Å². The van der Waals surface area contributed by atoms with Gasteiger partial charge < -0.3 is 5.32 Å². The van der Waals surface area contributed by atoms with Crippen molar-refractivity contribution in [2.24, 2.45) is 4.99 Å². The number of nitrogens with one attached hydrogen (secondary N) is 1. The number of hydrogen-bond acceptors (Lipinski definition) is 4. The number of halogens is 1. The summed E-state index contributed by atoms with van der Waals surface area (Å²) in [5, 5.41) is 13.1. The van der Waals surface area contributed by atoms with Crippen LogP contribution in [0.15, 0.2) is 27.7 Å². The quantitative estimate of drug-likeness (QED) is 0.849. The fourth-order valence-electron chi connectivity index (χ4n) is 1.63. The van der Waals surface area contributed by atoms with Crippen LogP contribution in [0.1, 0.15) is 25.8 Å². The van der Waals surface area contributed by atoms with E-state index in [0.29, 0.717) is 5.56 Å². The molecule has 1 heterocycles. The number of nitrogens with zero attached hydrogens (tertiary/aromatic N) is 2. The van der Waals surface area contributed by atoms with Crippen LogP contribution in [0, 0.1) is 11.3 Å². The zero-order chi connectivity index (χ0) is 13.2. The minimum atomic E-state index is 0.0113. The van der Waals surface area contributed by atoms with Gasteiger partial charge >= 0.3 is 0 Å². The first kappa shape index (κ1) is 13.4. The minimum absolute atomic E-state index is 0.0113. The standard InChI is InChI=1S/C13H14BrN3S/c1-13(2)5-6-18-12(17-13)16-10-4-3-9(8-15)11(14)7-10/h3-4,7H,5-6H2,1-2H3,(H,16,17). The molecule has 0 unspecified atom stereocenters. The number of hydrogen-bond donors (Lipinski definition) is 1. The van der Waals surface area contributed by atoms with Crippen LogP contribution in [0.25, 0.3) is 0 Å². The van der Waals surface area contributed by atoms with Crippen LogP contribution in [0.2, 0.25) is 0 Å². The molecule has 1 aliphatic heterocycles. The maximum absolute atomic E-state index is 8.87. The Labute approximate surface area is 120 Å². The molecule has 0 amide bonds. The molecule has 0 aromatic heterocycles. The third-order valence-corrected chi connectivity index (χ3v) is 4.23. The Bertz CT molecular complexity index is 532. The Hall–Kier alpha value is -0.990.